The molecule has 8 heteroatoms. The number of fused-ring (bicyclic) bond motifs is 1. The molecule has 0 unspecified atom stereocenters. The van der Waals surface area contributed by atoms with Gasteiger partial charge in [0.2, 0.25) is 11.8 Å². The van der Waals surface area contributed by atoms with Crippen molar-refractivity contribution in [3.05, 3.63) is 70.9 Å². The second-order valence-electron chi connectivity index (χ2n) is 8.01. The molecule has 4 rings (SSSR count). The molecule has 0 aliphatic carbocycles. The Labute approximate surface area is 207 Å². The number of benzene rings is 2. The average molecular weight is 490 g/mol. The summed E-state index contributed by atoms with van der Waals surface area (Å²) in [5, 5.41) is 8.51. The third-order valence-corrected chi connectivity index (χ3v) is 6.40. The van der Waals surface area contributed by atoms with Gasteiger partial charge in [-0.05, 0) is 38.0 Å². The number of thiazole rings is 1. The number of rotatable bonds is 8. The highest BCUT2D eigenvalue weighted by atomic mass is 32.1. The fraction of sp³-hybridized carbons (Fsp3) is 0.222. The molecule has 0 aliphatic rings. The molecule has 0 spiro atoms. The quantitative estimate of drug-likeness (QED) is 0.315. The second kappa shape index (κ2) is 10.6. The van der Waals surface area contributed by atoms with Gasteiger partial charge in [0.1, 0.15) is 11.3 Å². The zero-order valence-electron chi connectivity index (χ0n) is 20.1. The number of ether oxygens (including phenoxy) is 1. The summed E-state index contributed by atoms with van der Waals surface area (Å²) < 4.78 is 11.9. The monoisotopic (exact) mass is 489 g/mol. The first-order valence-electron chi connectivity index (χ1n) is 11.3. The second-order valence-corrected chi connectivity index (χ2v) is 8.87. The fourth-order valence-electron chi connectivity index (χ4n) is 3.89. The minimum atomic E-state index is -0.306. The maximum atomic E-state index is 12.8. The third-order valence-electron chi connectivity index (χ3n) is 5.59. The summed E-state index contributed by atoms with van der Waals surface area (Å²) in [6, 6.07) is 12.1. The van der Waals surface area contributed by atoms with Crippen LogP contribution >= 0.6 is 11.3 Å². The number of aryl methyl sites for hydroxylation is 1. The van der Waals surface area contributed by atoms with E-state index < -0.39 is 0 Å². The Hall–Kier alpha value is -3.91. The largest absolute Gasteiger partial charge is 0.493 e. The number of anilines is 1. The van der Waals surface area contributed by atoms with Crippen LogP contribution in [-0.2, 0) is 16.0 Å². The number of hydrogen-bond acceptors (Lipinski definition) is 6. The number of carbonyl (C=O) groups excluding carboxylic acids is 2. The molecule has 0 fully saturated rings. The van der Waals surface area contributed by atoms with E-state index in [2.05, 4.69) is 15.6 Å². The van der Waals surface area contributed by atoms with Crippen LogP contribution < -0.4 is 15.4 Å². The van der Waals surface area contributed by atoms with E-state index in [-0.39, 0.29) is 18.2 Å². The number of aromatic nitrogens is 1. The van der Waals surface area contributed by atoms with Crippen LogP contribution in [0.5, 0.6) is 5.75 Å². The average Bonchev–Trinajstić information content (AvgIpc) is 3.48. The summed E-state index contributed by atoms with van der Waals surface area (Å²) >= 11 is 1.28. The summed E-state index contributed by atoms with van der Waals surface area (Å²) in [6.45, 7) is 6.25. The first kappa shape index (κ1) is 24.2. The van der Waals surface area contributed by atoms with E-state index in [1.807, 2.05) is 57.2 Å². The maximum Gasteiger partial charge on any atom is 0.250 e. The van der Waals surface area contributed by atoms with E-state index in [4.69, 9.17) is 9.15 Å². The zero-order chi connectivity index (χ0) is 24.9. The lowest BCUT2D eigenvalue weighted by Gasteiger charge is -2.15. The van der Waals surface area contributed by atoms with Gasteiger partial charge in [0, 0.05) is 40.6 Å². The lowest BCUT2D eigenvalue weighted by Crippen LogP contribution is -2.20. The Morgan fingerprint density at radius 1 is 1.23 bits per heavy atom. The predicted octanol–water partition coefficient (Wildman–Crippen LogP) is 5.59. The molecular weight excluding hydrogens is 462 g/mol. The molecule has 2 heterocycles. The van der Waals surface area contributed by atoms with Crippen LogP contribution in [0.2, 0.25) is 0 Å². The molecule has 0 atom stereocenters. The van der Waals surface area contributed by atoms with Crippen LogP contribution in [0.15, 0.2) is 58.5 Å². The smallest absolute Gasteiger partial charge is 0.250 e. The number of furan rings is 1. The fourth-order valence-corrected chi connectivity index (χ4v) is 4.61. The minimum absolute atomic E-state index is 0.132. The van der Waals surface area contributed by atoms with Gasteiger partial charge in [-0.1, -0.05) is 30.3 Å². The van der Waals surface area contributed by atoms with Gasteiger partial charge in [0.05, 0.1) is 25.0 Å². The molecule has 4 aromatic rings. The summed E-state index contributed by atoms with van der Waals surface area (Å²) in [4.78, 5) is 28.7. The van der Waals surface area contributed by atoms with Crippen molar-refractivity contribution in [1.82, 2.24) is 10.3 Å². The van der Waals surface area contributed by atoms with Crippen LogP contribution in [0.3, 0.4) is 0 Å². The maximum absolute atomic E-state index is 12.8. The van der Waals surface area contributed by atoms with Crippen molar-refractivity contribution < 1.29 is 18.7 Å². The highest BCUT2D eigenvalue weighted by Crippen LogP contribution is 2.40. The number of amides is 2. The number of likely N-dealkylation sites (N-methyl/N-ethyl adjacent to an activating group) is 1. The summed E-state index contributed by atoms with van der Waals surface area (Å²) in [5.74, 6) is 0.254. The van der Waals surface area contributed by atoms with Gasteiger partial charge >= 0.3 is 0 Å². The van der Waals surface area contributed by atoms with Crippen LogP contribution in [0.25, 0.3) is 27.7 Å². The van der Waals surface area contributed by atoms with Crippen molar-refractivity contribution in [2.24, 2.45) is 0 Å². The molecule has 7 nitrogen and oxygen atoms in total. The standard InChI is InChI=1S/C27H27N3O4S/c1-5-33-25-17(3)26-21(22(14-34-26)18-9-7-6-8-10-18)13-20(25)16(2)11-24(32)30-27-29-19(15-35-27)12-23(31)28-4/h6-11,13-15H,5,12H2,1-4H3,(H,28,31)(H,29,30,32)/b16-11+. The number of nitrogens with one attached hydrogen (secondary N) is 2. The van der Waals surface area contributed by atoms with Crippen molar-refractivity contribution >= 4 is 44.8 Å². The van der Waals surface area contributed by atoms with Crippen molar-refractivity contribution in [2.75, 3.05) is 19.0 Å². The molecule has 0 radical (unpaired) electrons. The van der Waals surface area contributed by atoms with Gasteiger partial charge in [0.25, 0.3) is 0 Å². The zero-order valence-corrected chi connectivity index (χ0v) is 20.9. The van der Waals surface area contributed by atoms with E-state index >= 15 is 0 Å². The lowest BCUT2D eigenvalue weighted by atomic mass is 9.96. The number of carbonyl (C=O) groups is 2. The molecule has 2 N–H and O–H groups in total. The Bertz CT molecular complexity index is 1400. The van der Waals surface area contributed by atoms with Crippen molar-refractivity contribution in [2.45, 2.75) is 27.2 Å². The summed E-state index contributed by atoms with van der Waals surface area (Å²) in [5.41, 5.74) is 5.86. The topological polar surface area (TPSA) is 93.5 Å². The highest BCUT2D eigenvalue weighted by molar-refractivity contribution is 7.14. The number of hydrogen-bond donors (Lipinski definition) is 2. The van der Waals surface area contributed by atoms with Crippen LogP contribution in [0.4, 0.5) is 5.13 Å². The van der Waals surface area contributed by atoms with E-state index in [1.54, 1.807) is 18.7 Å². The molecule has 180 valence electrons. The van der Waals surface area contributed by atoms with E-state index in [1.165, 1.54) is 17.4 Å². The molecule has 2 aromatic heterocycles. The minimum Gasteiger partial charge on any atom is -0.493 e. The summed E-state index contributed by atoms with van der Waals surface area (Å²) in [7, 11) is 1.58. The van der Waals surface area contributed by atoms with Crippen LogP contribution in [0, 0.1) is 6.92 Å². The molecular formula is C27H27N3O4S. The Morgan fingerprint density at radius 3 is 2.71 bits per heavy atom. The molecule has 0 aliphatic heterocycles. The lowest BCUT2D eigenvalue weighted by molar-refractivity contribution is -0.120. The van der Waals surface area contributed by atoms with Crippen molar-refractivity contribution in [3.63, 3.8) is 0 Å². The molecule has 2 aromatic carbocycles. The number of allylic oxidation sites excluding steroid dienone is 1. The van der Waals surface area contributed by atoms with E-state index in [0.717, 1.165) is 38.8 Å². The normalized spacial score (nSPS) is 11.5. The van der Waals surface area contributed by atoms with Gasteiger partial charge in [-0.2, -0.15) is 0 Å². The van der Waals surface area contributed by atoms with Crippen LogP contribution in [0.1, 0.15) is 30.7 Å². The first-order chi connectivity index (χ1) is 16.9. The van der Waals surface area contributed by atoms with Gasteiger partial charge < -0.3 is 14.5 Å². The van der Waals surface area contributed by atoms with Gasteiger partial charge in [-0.25, -0.2) is 4.98 Å². The first-order valence-corrected chi connectivity index (χ1v) is 12.2. The van der Waals surface area contributed by atoms with E-state index in [9.17, 15) is 9.59 Å². The van der Waals surface area contributed by atoms with Crippen molar-refractivity contribution in [3.8, 4) is 16.9 Å². The summed E-state index contributed by atoms with van der Waals surface area (Å²) in [6.07, 6.45) is 3.46. The molecule has 0 bridgehead atoms. The molecule has 0 saturated heterocycles. The SMILES string of the molecule is CCOc1c(/C(C)=C/C(=O)Nc2nc(CC(=O)NC)cs2)cc2c(-c3ccccc3)coc2c1C. The molecule has 2 amide bonds. The molecule has 35 heavy (non-hydrogen) atoms. The third kappa shape index (κ3) is 5.27. The van der Waals surface area contributed by atoms with Gasteiger partial charge in [-0.3, -0.25) is 14.9 Å². The van der Waals surface area contributed by atoms with Crippen molar-refractivity contribution in [1.29, 1.82) is 0 Å². The Kier molecular flexibility index (Phi) is 7.31. The van der Waals surface area contributed by atoms with Crippen LogP contribution in [-0.4, -0.2) is 30.5 Å². The number of nitrogens with zero attached hydrogens (tertiary/aromatic N) is 1. The Balaban J connectivity index is 1.67. The Morgan fingerprint density at radius 2 is 2.00 bits per heavy atom. The van der Waals surface area contributed by atoms with Gasteiger partial charge in [0.15, 0.2) is 5.13 Å². The van der Waals surface area contributed by atoms with Gasteiger partial charge in [-0.15, -0.1) is 11.3 Å². The predicted molar refractivity (Wildman–Crippen MR) is 140 cm³/mol. The van der Waals surface area contributed by atoms with E-state index in [0.29, 0.717) is 23.2 Å². The molecule has 0 saturated carbocycles. The highest BCUT2D eigenvalue weighted by Gasteiger charge is 2.19.